The highest BCUT2D eigenvalue weighted by molar-refractivity contribution is 7.99. The van der Waals surface area contributed by atoms with Crippen molar-refractivity contribution in [1.29, 1.82) is 0 Å². The summed E-state index contributed by atoms with van der Waals surface area (Å²) in [5.41, 5.74) is 1.45. The molecule has 0 bridgehead atoms. The predicted molar refractivity (Wildman–Crippen MR) is 73.2 cm³/mol. The van der Waals surface area contributed by atoms with Crippen molar-refractivity contribution in [3.05, 3.63) is 35.1 Å². The molecule has 0 atom stereocenters. The Balaban J connectivity index is 2.71. The number of hydrogen-bond acceptors (Lipinski definition) is 4. The average molecular weight is 282 g/mol. The fourth-order valence-electron chi connectivity index (χ4n) is 1.31. The molecule has 1 aromatic rings. The van der Waals surface area contributed by atoms with E-state index in [9.17, 15) is 9.18 Å². The summed E-state index contributed by atoms with van der Waals surface area (Å²) in [6, 6.07) is 4.38. The van der Waals surface area contributed by atoms with Crippen LogP contribution < -0.4 is 0 Å². The molecule has 0 saturated heterocycles. The summed E-state index contributed by atoms with van der Waals surface area (Å²) < 4.78 is 17.7. The van der Waals surface area contributed by atoms with Gasteiger partial charge in [0, 0.05) is 17.7 Å². The molecule has 3 nitrogen and oxygen atoms in total. The van der Waals surface area contributed by atoms with Gasteiger partial charge in [0.15, 0.2) is 0 Å². The van der Waals surface area contributed by atoms with E-state index in [0.29, 0.717) is 17.7 Å². The van der Waals surface area contributed by atoms with Gasteiger partial charge in [0.25, 0.3) is 0 Å². The van der Waals surface area contributed by atoms with Crippen LogP contribution in [0.1, 0.15) is 17.5 Å². The standard InChI is InChI=1S/C14H15FO3S/c1-18-14(17)10-19-9-12-5-6-13(15)8-11(12)4-2-3-7-16/h5-6,8,16H,3,7,9-10H2,1H3. The maximum Gasteiger partial charge on any atom is 0.315 e. The molecule has 0 aliphatic heterocycles. The van der Waals surface area contributed by atoms with Crippen molar-refractivity contribution < 1.29 is 19.0 Å². The third-order valence-electron chi connectivity index (χ3n) is 2.24. The number of ether oxygens (including phenoxy) is 1. The van der Waals surface area contributed by atoms with Crippen LogP contribution in [0.5, 0.6) is 0 Å². The Labute approximate surface area is 116 Å². The quantitative estimate of drug-likeness (QED) is 0.662. The van der Waals surface area contributed by atoms with Crippen LogP contribution in [-0.4, -0.2) is 30.5 Å². The first kappa shape index (κ1) is 15.5. The summed E-state index contributed by atoms with van der Waals surface area (Å²) >= 11 is 1.38. The molecule has 0 radical (unpaired) electrons. The number of carbonyl (C=O) groups excluding carboxylic acids is 1. The van der Waals surface area contributed by atoms with Gasteiger partial charge < -0.3 is 9.84 Å². The van der Waals surface area contributed by atoms with Gasteiger partial charge in [-0.3, -0.25) is 4.79 Å². The highest BCUT2D eigenvalue weighted by Crippen LogP contribution is 2.17. The molecule has 0 unspecified atom stereocenters. The van der Waals surface area contributed by atoms with E-state index in [0.717, 1.165) is 5.56 Å². The molecule has 0 aliphatic carbocycles. The van der Waals surface area contributed by atoms with Crippen molar-refractivity contribution in [2.24, 2.45) is 0 Å². The summed E-state index contributed by atoms with van der Waals surface area (Å²) in [5.74, 6) is 5.75. The van der Waals surface area contributed by atoms with E-state index in [4.69, 9.17) is 5.11 Å². The summed E-state index contributed by atoms with van der Waals surface area (Å²) in [4.78, 5) is 11.0. The number of halogens is 1. The van der Waals surface area contributed by atoms with Crippen LogP contribution in [0.25, 0.3) is 0 Å². The van der Waals surface area contributed by atoms with Crippen molar-refractivity contribution >= 4 is 17.7 Å². The van der Waals surface area contributed by atoms with Gasteiger partial charge >= 0.3 is 5.97 Å². The monoisotopic (exact) mass is 282 g/mol. The Hall–Kier alpha value is -1.51. The van der Waals surface area contributed by atoms with Crippen LogP contribution in [0.3, 0.4) is 0 Å². The van der Waals surface area contributed by atoms with E-state index in [1.54, 1.807) is 6.07 Å². The van der Waals surface area contributed by atoms with Crippen LogP contribution in [0.4, 0.5) is 4.39 Å². The van der Waals surface area contributed by atoms with Gasteiger partial charge in [-0.05, 0) is 17.7 Å². The SMILES string of the molecule is COC(=O)CSCc1ccc(F)cc1C#CCCO. The first-order valence-corrected chi connectivity index (χ1v) is 6.85. The topological polar surface area (TPSA) is 46.5 Å². The van der Waals surface area contributed by atoms with Gasteiger partial charge in [0.1, 0.15) is 5.82 Å². The molecular formula is C14H15FO3S. The fraction of sp³-hybridized carbons (Fsp3) is 0.357. The molecule has 1 rings (SSSR count). The lowest BCUT2D eigenvalue weighted by molar-refractivity contribution is -0.137. The van der Waals surface area contributed by atoms with Crippen molar-refractivity contribution in [3.63, 3.8) is 0 Å². The molecule has 102 valence electrons. The summed E-state index contributed by atoms with van der Waals surface area (Å²) in [7, 11) is 1.34. The van der Waals surface area contributed by atoms with Crippen LogP contribution in [0.15, 0.2) is 18.2 Å². The van der Waals surface area contributed by atoms with E-state index in [1.807, 2.05) is 0 Å². The molecule has 0 aromatic heterocycles. The lowest BCUT2D eigenvalue weighted by atomic mass is 10.1. The number of hydrogen-bond donors (Lipinski definition) is 1. The van der Waals surface area contributed by atoms with E-state index in [1.165, 1.54) is 31.0 Å². The minimum absolute atomic E-state index is 0.0191. The summed E-state index contributed by atoms with van der Waals surface area (Å²) in [6.07, 6.45) is 0.352. The number of aliphatic hydroxyl groups excluding tert-OH is 1. The largest absolute Gasteiger partial charge is 0.468 e. The minimum Gasteiger partial charge on any atom is -0.468 e. The third kappa shape index (κ3) is 5.77. The van der Waals surface area contributed by atoms with Crippen LogP contribution >= 0.6 is 11.8 Å². The first-order chi connectivity index (χ1) is 9.17. The van der Waals surface area contributed by atoms with E-state index >= 15 is 0 Å². The molecule has 1 aromatic carbocycles. The van der Waals surface area contributed by atoms with Gasteiger partial charge in [-0.25, -0.2) is 4.39 Å². The Bertz CT molecular complexity index is 491. The minimum atomic E-state index is -0.352. The molecule has 0 heterocycles. The van der Waals surface area contributed by atoms with Crippen molar-refractivity contribution in [2.45, 2.75) is 12.2 Å². The predicted octanol–water partition coefficient (Wildman–Crippen LogP) is 1.97. The molecule has 0 spiro atoms. The Morgan fingerprint density at radius 1 is 1.53 bits per heavy atom. The second-order valence-corrected chi connectivity index (χ2v) is 4.63. The van der Waals surface area contributed by atoms with E-state index < -0.39 is 0 Å². The Kier molecular flexibility index (Phi) is 7.01. The van der Waals surface area contributed by atoms with Gasteiger partial charge in [-0.2, -0.15) is 0 Å². The van der Waals surface area contributed by atoms with Crippen molar-refractivity contribution in [1.82, 2.24) is 0 Å². The zero-order valence-electron chi connectivity index (χ0n) is 10.6. The number of benzene rings is 1. The molecule has 0 fully saturated rings. The molecule has 0 saturated carbocycles. The molecule has 0 aliphatic rings. The molecule has 5 heteroatoms. The second-order valence-electron chi connectivity index (χ2n) is 3.65. The normalized spacial score (nSPS) is 9.63. The molecule has 1 N–H and O–H groups in total. The van der Waals surface area contributed by atoms with Crippen molar-refractivity contribution in [2.75, 3.05) is 19.5 Å². The average Bonchev–Trinajstić information content (AvgIpc) is 2.41. The third-order valence-corrected chi connectivity index (χ3v) is 3.19. The van der Waals surface area contributed by atoms with Gasteiger partial charge in [0.05, 0.1) is 19.5 Å². The summed E-state index contributed by atoms with van der Waals surface area (Å²) in [6.45, 7) is -0.0191. The van der Waals surface area contributed by atoms with E-state index in [2.05, 4.69) is 16.6 Å². The lowest BCUT2D eigenvalue weighted by Gasteiger charge is -2.04. The maximum absolute atomic E-state index is 13.2. The first-order valence-electron chi connectivity index (χ1n) is 5.70. The Morgan fingerprint density at radius 2 is 2.32 bits per heavy atom. The number of rotatable bonds is 5. The highest BCUT2D eigenvalue weighted by atomic mass is 32.2. The highest BCUT2D eigenvalue weighted by Gasteiger charge is 2.05. The number of thioether (sulfide) groups is 1. The zero-order valence-corrected chi connectivity index (χ0v) is 11.4. The number of aliphatic hydroxyl groups is 1. The smallest absolute Gasteiger partial charge is 0.315 e. The fourth-order valence-corrected chi connectivity index (χ4v) is 2.17. The number of esters is 1. The second kappa shape index (κ2) is 8.57. The molecular weight excluding hydrogens is 267 g/mol. The molecule has 19 heavy (non-hydrogen) atoms. The Morgan fingerprint density at radius 3 is 3.00 bits per heavy atom. The summed E-state index contributed by atoms with van der Waals surface area (Å²) in [5, 5.41) is 8.67. The van der Waals surface area contributed by atoms with Crippen LogP contribution in [0, 0.1) is 17.7 Å². The maximum atomic E-state index is 13.2. The van der Waals surface area contributed by atoms with E-state index in [-0.39, 0.29) is 24.1 Å². The molecule has 0 amide bonds. The number of carbonyl (C=O) groups is 1. The zero-order chi connectivity index (χ0) is 14.1. The van der Waals surface area contributed by atoms with Crippen LogP contribution in [-0.2, 0) is 15.3 Å². The van der Waals surface area contributed by atoms with Crippen molar-refractivity contribution in [3.8, 4) is 11.8 Å². The van der Waals surface area contributed by atoms with Gasteiger partial charge in [0.2, 0.25) is 0 Å². The van der Waals surface area contributed by atoms with Gasteiger partial charge in [-0.1, -0.05) is 17.9 Å². The van der Waals surface area contributed by atoms with Gasteiger partial charge in [-0.15, -0.1) is 11.8 Å². The lowest BCUT2D eigenvalue weighted by Crippen LogP contribution is -2.03. The number of methoxy groups -OCH3 is 1. The van der Waals surface area contributed by atoms with Crippen LogP contribution in [0.2, 0.25) is 0 Å².